The number of aryl methyl sites for hydroxylation is 1. The maximum Gasteiger partial charge on any atom is 0.274 e. The van der Waals surface area contributed by atoms with Gasteiger partial charge in [-0.25, -0.2) is 4.98 Å². The quantitative estimate of drug-likeness (QED) is 0.376. The van der Waals surface area contributed by atoms with E-state index in [0.29, 0.717) is 28.7 Å². The van der Waals surface area contributed by atoms with E-state index in [-0.39, 0.29) is 17.5 Å². The maximum absolute atomic E-state index is 12.5. The fourth-order valence-electron chi connectivity index (χ4n) is 3.39. The van der Waals surface area contributed by atoms with Crippen LogP contribution in [0.25, 0.3) is 5.78 Å². The third-order valence-corrected chi connectivity index (χ3v) is 6.21. The number of nitrogens with zero attached hydrogens (tertiary/aromatic N) is 4. The van der Waals surface area contributed by atoms with Crippen LogP contribution in [0.5, 0.6) is 5.75 Å². The zero-order valence-electron chi connectivity index (χ0n) is 19.6. The number of nitrogens with one attached hydrogen (secondary N) is 1. The molecule has 176 valence electrons. The molecule has 0 aliphatic rings. The van der Waals surface area contributed by atoms with E-state index in [1.54, 1.807) is 35.8 Å². The van der Waals surface area contributed by atoms with E-state index in [0.717, 1.165) is 10.5 Å². The molecule has 1 N–H and O–H groups in total. The topological polar surface area (TPSA) is 90.5 Å². The number of benzene rings is 2. The molecule has 0 aliphatic heterocycles. The van der Waals surface area contributed by atoms with Crippen LogP contribution in [-0.4, -0.2) is 31.2 Å². The van der Waals surface area contributed by atoms with E-state index >= 15 is 0 Å². The number of hydrogen-bond donors (Lipinski definition) is 1. The van der Waals surface area contributed by atoms with Crippen molar-refractivity contribution in [1.82, 2.24) is 19.2 Å². The normalized spacial score (nSPS) is 12.1. The molecule has 2 heterocycles. The van der Waals surface area contributed by atoms with E-state index in [1.807, 2.05) is 69.3 Å². The molecule has 34 heavy (non-hydrogen) atoms. The van der Waals surface area contributed by atoms with Crippen LogP contribution in [0.2, 0.25) is 0 Å². The summed E-state index contributed by atoms with van der Waals surface area (Å²) in [6.07, 6.45) is 1.00. The molecule has 4 aromatic rings. The Morgan fingerprint density at radius 2 is 1.88 bits per heavy atom. The van der Waals surface area contributed by atoms with Gasteiger partial charge in [0.05, 0.1) is 5.69 Å². The summed E-state index contributed by atoms with van der Waals surface area (Å²) in [5, 5.41) is 2.88. The fraction of sp³-hybridized carbons (Fsp3) is 0.280. The standard InChI is InChI=1S/C25H27N5O3S/c1-16(2)29-15-26-25-28-20(13-23(31)30(25)29)14-34-22-10-8-19(9-11-22)27-24(32)18(4)33-21-7-5-6-17(3)12-21/h5-13,15-16,18H,14H2,1-4H3,(H,27,32)/t18-/m1/s1. The van der Waals surface area contributed by atoms with Crippen molar-refractivity contribution in [3.05, 3.63) is 82.5 Å². The second-order valence-corrected chi connectivity index (χ2v) is 9.34. The second kappa shape index (κ2) is 10.1. The van der Waals surface area contributed by atoms with Gasteiger partial charge in [-0.15, -0.1) is 11.8 Å². The van der Waals surface area contributed by atoms with Crippen LogP contribution in [-0.2, 0) is 10.5 Å². The summed E-state index contributed by atoms with van der Waals surface area (Å²) in [6.45, 7) is 7.67. The first-order chi connectivity index (χ1) is 16.3. The highest BCUT2D eigenvalue weighted by atomic mass is 32.2. The van der Waals surface area contributed by atoms with Crippen molar-refractivity contribution < 1.29 is 9.53 Å². The molecule has 9 heteroatoms. The van der Waals surface area contributed by atoms with Crippen LogP contribution in [0.3, 0.4) is 0 Å². The lowest BCUT2D eigenvalue weighted by Crippen LogP contribution is -2.30. The van der Waals surface area contributed by atoms with Crippen LogP contribution >= 0.6 is 11.8 Å². The van der Waals surface area contributed by atoms with Gasteiger partial charge in [0.1, 0.15) is 12.1 Å². The van der Waals surface area contributed by atoms with Gasteiger partial charge in [0, 0.05) is 28.4 Å². The zero-order chi connectivity index (χ0) is 24.2. The summed E-state index contributed by atoms with van der Waals surface area (Å²) in [5.74, 6) is 1.38. The number of carbonyl (C=O) groups is 1. The van der Waals surface area contributed by atoms with Crippen molar-refractivity contribution in [3.63, 3.8) is 0 Å². The summed E-state index contributed by atoms with van der Waals surface area (Å²) >= 11 is 1.56. The van der Waals surface area contributed by atoms with Gasteiger partial charge in [-0.1, -0.05) is 12.1 Å². The van der Waals surface area contributed by atoms with E-state index in [1.165, 1.54) is 4.52 Å². The van der Waals surface area contributed by atoms with Gasteiger partial charge in [0.15, 0.2) is 6.10 Å². The number of anilines is 1. The number of ether oxygens (including phenoxy) is 1. The largest absolute Gasteiger partial charge is 0.481 e. The molecule has 0 bridgehead atoms. The van der Waals surface area contributed by atoms with E-state index in [9.17, 15) is 9.59 Å². The average molecular weight is 478 g/mol. The molecule has 2 aromatic carbocycles. The minimum atomic E-state index is -0.629. The lowest BCUT2D eigenvalue weighted by atomic mass is 10.2. The highest BCUT2D eigenvalue weighted by molar-refractivity contribution is 7.98. The molecule has 0 spiro atoms. The van der Waals surface area contributed by atoms with Gasteiger partial charge in [0.2, 0.25) is 0 Å². The molecule has 4 rings (SSSR count). The van der Waals surface area contributed by atoms with E-state index in [2.05, 4.69) is 15.3 Å². The summed E-state index contributed by atoms with van der Waals surface area (Å²) in [6, 6.07) is 16.8. The minimum Gasteiger partial charge on any atom is -0.481 e. The van der Waals surface area contributed by atoms with Crippen molar-refractivity contribution in [2.75, 3.05) is 5.32 Å². The van der Waals surface area contributed by atoms with Crippen molar-refractivity contribution in [3.8, 4) is 5.75 Å². The number of amides is 1. The Balaban J connectivity index is 1.35. The Kier molecular flexibility index (Phi) is 7.02. The molecule has 1 amide bonds. The molecule has 0 saturated carbocycles. The van der Waals surface area contributed by atoms with Gasteiger partial charge in [-0.05, 0) is 69.7 Å². The Morgan fingerprint density at radius 1 is 1.12 bits per heavy atom. The molecule has 8 nitrogen and oxygen atoms in total. The highest BCUT2D eigenvalue weighted by Gasteiger charge is 2.15. The highest BCUT2D eigenvalue weighted by Crippen LogP contribution is 2.24. The molecule has 0 unspecified atom stereocenters. The zero-order valence-corrected chi connectivity index (χ0v) is 20.4. The first kappa shape index (κ1) is 23.6. The van der Waals surface area contributed by atoms with Crippen molar-refractivity contribution in [2.45, 2.75) is 50.5 Å². The SMILES string of the molecule is Cc1cccc(O[C@H](C)C(=O)Nc2ccc(SCc3cc(=O)n4c(ncn4C(C)C)n3)cc2)c1. The Morgan fingerprint density at radius 3 is 2.59 bits per heavy atom. The van der Waals surface area contributed by atoms with Gasteiger partial charge in [0.25, 0.3) is 17.2 Å². The Hall–Kier alpha value is -3.59. The van der Waals surface area contributed by atoms with Gasteiger partial charge < -0.3 is 10.1 Å². The number of fused-ring (bicyclic) bond motifs is 1. The van der Waals surface area contributed by atoms with Crippen LogP contribution in [0.15, 0.2) is 70.6 Å². The number of aromatic nitrogens is 4. The fourth-order valence-corrected chi connectivity index (χ4v) is 4.18. The van der Waals surface area contributed by atoms with Crippen LogP contribution in [0, 0.1) is 6.92 Å². The molecule has 0 radical (unpaired) electrons. The number of thioether (sulfide) groups is 1. The third kappa shape index (κ3) is 5.48. The minimum absolute atomic E-state index is 0.112. The summed E-state index contributed by atoms with van der Waals surface area (Å²) in [7, 11) is 0. The number of carbonyl (C=O) groups excluding carboxylic acids is 1. The molecule has 0 aliphatic carbocycles. The molecule has 0 fully saturated rings. The Bertz CT molecular complexity index is 1360. The van der Waals surface area contributed by atoms with Crippen molar-refractivity contribution in [2.24, 2.45) is 0 Å². The second-order valence-electron chi connectivity index (χ2n) is 8.29. The maximum atomic E-state index is 12.5. The third-order valence-electron chi connectivity index (χ3n) is 5.16. The van der Waals surface area contributed by atoms with Crippen molar-refractivity contribution >= 4 is 29.1 Å². The lowest BCUT2D eigenvalue weighted by Gasteiger charge is -2.15. The predicted octanol–water partition coefficient (Wildman–Crippen LogP) is 4.48. The lowest BCUT2D eigenvalue weighted by molar-refractivity contribution is -0.122. The number of rotatable bonds is 8. The predicted molar refractivity (Wildman–Crippen MR) is 134 cm³/mol. The molecule has 0 saturated heterocycles. The average Bonchev–Trinajstić information content (AvgIpc) is 3.24. The van der Waals surface area contributed by atoms with Crippen molar-refractivity contribution in [1.29, 1.82) is 0 Å². The number of hydrogen-bond acceptors (Lipinski definition) is 6. The summed E-state index contributed by atoms with van der Waals surface area (Å²) < 4.78 is 8.99. The van der Waals surface area contributed by atoms with Crippen LogP contribution in [0.4, 0.5) is 5.69 Å². The Labute approximate surface area is 202 Å². The molecular weight excluding hydrogens is 450 g/mol. The first-order valence-electron chi connectivity index (χ1n) is 11.0. The van der Waals surface area contributed by atoms with E-state index < -0.39 is 6.10 Å². The summed E-state index contributed by atoms with van der Waals surface area (Å²) in [5.41, 5.74) is 2.28. The summed E-state index contributed by atoms with van der Waals surface area (Å²) in [4.78, 5) is 34.8. The van der Waals surface area contributed by atoms with Gasteiger partial charge in [-0.2, -0.15) is 9.50 Å². The molecule has 1 atom stereocenters. The monoisotopic (exact) mass is 477 g/mol. The molecular formula is C25H27N5O3S. The van der Waals surface area contributed by atoms with Gasteiger partial charge in [-0.3, -0.25) is 14.3 Å². The van der Waals surface area contributed by atoms with Crippen LogP contribution in [0.1, 0.15) is 38.1 Å². The first-order valence-corrected chi connectivity index (χ1v) is 12.0. The smallest absolute Gasteiger partial charge is 0.274 e. The van der Waals surface area contributed by atoms with E-state index in [4.69, 9.17) is 4.74 Å². The van der Waals surface area contributed by atoms with Gasteiger partial charge >= 0.3 is 0 Å². The molecule has 2 aromatic heterocycles. The van der Waals surface area contributed by atoms with Crippen LogP contribution < -0.4 is 15.6 Å².